The third kappa shape index (κ3) is 2.96. The summed E-state index contributed by atoms with van der Waals surface area (Å²) in [4.78, 5) is 2.58. The fraction of sp³-hybridized carbons (Fsp3) is 1.00. The Bertz CT molecular complexity index is 214. The van der Waals surface area contributed by atoms with E-state index in [9.17, 15) is 0 Å². The van der Waals surface area contributed by atoms with Gasteiger partial charge in [0, 0.05) is 44.4 Å². The Morgan fingerprint density at radius 1 is 1.19 bits per heavy atom. The number of likely N-dealkylation sites (tertiary alicyclic amines) is 1. The highest BCUT2D eigenvalue weighted by Crippen LogP contribution is 2.20. The molecule has 0 saturated carbocycles. The maximum Gasteiger partial charge on any atom is 0.0480 e. The van der Waals surface area contributed by atoms with E-state index in [2.05, 4.69) is 31.0 Å². The standard InChI is InChI=1S/C13H26N2O/c1-10(2)15-8-11(3)13(9-15)14-12-4-6-16-7-5-12/h10-14H,4-9H2,1-3H3. The molecule has 0 aromatic heterocycles. The molecule has 2 unspecified atom stereocenters. The molecule has 2 rings (SSSR count). The molecule has 0 aromatic carbocycles. The molecular weight excluding hydrogens is 200 g/mol. The van der Waals surface area contributed by atoms with Crippen LogP contribution in [0.25, 0.3) is 0 Å². The van der Waals surface area contributed by atoms with Crippen molar-refractivity contribution < 1.29 is 4.74 Å². The second kappa shape index (κ2) is 5.48. The molecule has 2 heterocycles. The van der Waals surface area contributed by atoms with Crippen molar-refractivity contribution in [2.24, 2.45) is 5.92 Å². The molecule has 2 saturated heterocycles. The molecule has 0 spiro atoms. The molecule has 0 aliphatic carbocycles. The summed E-state index contributed by atoms with van der Waals surface area (Å²) >= 11 is 0. The van der Waals surface area contributed by atoms with Crippen molar-refractivity contribution in [1.82, 2.24) is 10.2 Å². The van der Waals surface area contributed by atoms with Crippen LogP contribution in [0.15, 0.2) is 0 Å². The molecule has 2 aliphatic rings. The average Bonchev–Trinajstić information content (AvgIpc) is 2.62. The van der Waals surface area contributed by atoms with Crippen LogP contribution in [0.3, 0.4) is 0 Å². The highest BCUT2D eigenvalue weighted by Gasteiger charge is 2.32. The number of hydrogen-bond donors (Lipinski definition) is 1. The van der Waals surface area contributed by atoms with Gasteiger partial charge in [0.2, 0.25) is 0 Å². The van der Waals surface area contributed by atoms with Gasteiger partial charge in [-0.3, -0.25) is 4.90 Å². The zero-order valence-corrected chi connectivity index (χ0v) is 10.9. The first-order valence-corrected chi connectivity index (χ1v) is 6.74. The summed E-state index contributed by atoms with van der Waals surface area (Å²) in [5.41, 5.74) is 0. The molecule has 16 heavy (non-hydrogen) atoms. The molecule has 94 valence electrons. The topological polar surface area (TPSA) is 24.5 Å². The number of nitrogens with zero attached hydrogens (tertiary/aromatic N) is 1. The molecule has 1 N–H and O–H groups in total. The summed E-state index contributed by atoms with van der Waals surface area (Å²) in [5, 5.41) is 3.83. The van der Waals surface area contributed by atoms with Crippen LogP contribution in [0.4, 0.5) is 0 Å². The molecule has 0 bridgehead atoms. The van der Waals surface area contributed by atoms with Crippen LogP contribution in [0.2, 0.25) is 0 Å². The van der Waals surface area contributed by atoms with Crippen LogP contribution in [0.5, 0.6) is 0 Å². The zero-order valence-electron chi connectivity index (χ0n) is 10.9. The maximum absolute atomic E-state index is 5.40. The van der Waals surface area contributed by atoms with Gasteiger partial charge in [-0.1, -0.05) is 6.92 Å². The lowest BCUT2D eigenvalue weighted by molar-refractivity contribution is 0.0738. The normalized spacial score (nSPS) is 33.8. The Labute approximate surface area is 99.5 Å². The van der Waals surface area contributed by atoms with Crippen LogP contribution in [-0.2, 0) is 4.74 Å². The summed E-state index contributed by atoms with van der Waals surface area (Å²) in [7, 11) is 0. The summed E-state index contributed by atoms with van der Waals surface area (Å²) in [6.07, 6.45) is 2.37. The van der Waals surface area contributed by atoms with Crippen molar-refractivity contribution in [3.8, 4) is 0 Å². The second-order valence-electron chi connectivity index (χ2n) is 5.68. The SMILES string of the molecule is CC1CN(C(C)C)CC1NC1CCOCC1. The second-order valence-corrected chi connectivity index (χ2v) is 5.68. The van der Waals surface area contributed by atoms with Crippen LogP contribution in [-0.4, -0.2) is 49.3 Å². The van der Waals surface area contributed by atoms with Gasteiger partial charge in [-0.05, 0) is 32.6 Å². The van der Waals surface area contributed by atoms with E-state index in [0.29, 0.717) is 18.1 Å². The molecule has 3 heteroatoms. The van der Waals surface area contributed by atoms with Crippen molar-refractivity contribution >= 4 is 0 Å². The minimum atomic E-state index is 0.684. The van der Waals surface area contributed by atoms with E-state index >= 15 is 0 Å². The number of rotatable bonds is 3. The zero-order chi connectivity index (χ0) is 11.5. The molecule has 3 nitrogen and oxygen atoms in total. The first-order chi connectivity index (χ1) is 7.66. The quantitative estimate of drug-likeness (QED) is 0.789. The number of ether oxygens (including phenoxy) is 1. The summed E-state index contributed by atoms with van der Waals surface area (Å²) in [5.74, 6) is 0.783. The van der Waals surface area contributed by atoms with Gasteiger partial charge in [0.25, 0.3) is 0 Å². The molecule has 2 aliphatic heterocycles. The lowest BCUT2D eigenvalue weighted by Gasteiger charge is -2.28. The first kappa shape index (κ1) is 12.3. The van der Waals surface area contributed by atoms with Crippen LogP contribution >= 0.6 is 0 Å². The first-order valence-electron chi connectivity index (χ1n) is 6.74. The minimum absolute atomic E-state index is 0.684. The Hall–Kier alpha value is -0.120. The lowest BCUT2D eigenvalue weighted by atomic mass is 10.0. The molecule has 2 atom stereocenters. The number of nitrogens with one attached hydrogen (secondary N) is 1. The molecule has 0 amide bonds. The van der Waals surface area contributed by atoms with Gasteiger partial charge in [0.05, 0.1) is 0 Å². The third-order valence-electron chi connectivity index (χ3n) is 4.04. The van der Waals surface area contributed by atoms with Gasteiger partial charge in [-0.15, -0.1) is 0 Å². The van der Waals surface area contributed by atoms with Gasteiger partial charge in [0.15, 0.2) is 0 Å². The summed E-state index contributed by atoms with van der Waals surface area (Å²) in [6, 6.07) is 2.06. The largest absolute Gasteiger partial charge is 0.381 e. The van der Waals surface area contributed by atoms with Gasteiger partial charge in [-0.2, -0.15) is 0 Å². The van der Waals surface area contributed by atoms with E-state index < -0.39 is 0 Å². The van der Waals surface area contributed by atoms with E-state index in [-0.39, 0.29) is 0 Å². The van der Waals surface area contributed by atoms with E-state index in [1.54, 1.807) is 0 Å². The fourth-order valence-electron chi connectivity index (χ4n) is 2.81. The van der Waals surface area contributed by atoms with Crippen molar-refractivity contribution in [3.63, 3.8) is 0 Å². The van der Waals surface area contributed by atoms with E-state index in [4.69, 9.17) is 4.74 Å². The predicted molar refractivity (Wildman–Crippen MR) is 66.6 cm³/mol. The maximum atomic E-state index is 5.40. The average molecular weight is 226 g/mol. The fourth-order valence-corrected chi connectivity index (χ4v) is 2.81. The Kier molecular flexibility index (Phi) is 4.22. The van der Waals surface area contributed by atoms with Crippen molar-refractivity contribution in [2.45, 2.75) is 51.7 Å². The van der Waals surface area contributed by atoms with Crippen molar-refractivity contribution in [1.29, 1.82) is 0 Å². The summed E-state index contributed by atoms with van der Waals surface area (Å²) in [6.45, 7) is 11.3. The van der Waals surface area contributed by atoms with Crippen molar-refractivity contribution in [2.75, 3.05) is 26.3 Å². The highest BCUT2D eigenvalue weighted by atomic mass is 16.5. The minimum Gasteiger partial charge on any atom is -0.381 e. The van der Waals surface area contributed by atoms with Gasteiger partial charge >= 0.3 is 0 Å². The third-order valence-corrected chi connectivity index (χ3v) is 4.04. The van der Waals surface area contributed by atoms with Crippen LogP contribution in [0, 0.1) is 5.92 Å². The van der Waals surface area contributed by atoms with Gasteiger partial charge < -0.3 is 10.1 Å². The molecular formula is C13H26N2O. The molecule has 0 aromatic rings. The van der Waals surface area contributed by atoms with Gasteiger partial charge in [0.1, 0.15) is 0 Å². The van der Waals surface area contributed by atoms with E-state index in [1.807, 2.05) is 0 Å². The predicted octanol–water partition coefficient (Wildman–Crippen LogP) is 1.48. The highest BCUT2D eigenvalue weighted by molar-refractivity contribution is 4.90. The number of hydrogen-bond acceptors (Lipinski definition) is 3. The Balaban J connectivity index is 1.80. The van der Waals surface area contributed by atoms with Crippen molar-refractivity contribution in [3.05, 3.63) is 0 Å². The molecule has 0 radical (unpaired) electrons. The molecule has 2 fully saturated rings. The monoisotopic (exact) mass is 226 g/mol. The summed E-state index contributed by atoms with van der Waals surface area (Å²) < 4.78 is 5.40. The Morgan fingerprint density at radius 2 is 1.88 bits per heavy atom. The lowest BCUT2D eigenvalue weighted by Crippen LogP contribution is -2.45. The van der Waals surface area contributed by atoms with E-state index in [0.717, 1.165) is 19.1 Å². The van der Waals surface area contributed by atoms with E-state index in [1.165, 1.54) is 25.9 Å². The van der Waals surface area contributed by atoms with Crippen LogP contribution < -0.4 is 5.32 Å². The Morgan fingerprint density at radius 3 is 2.44 bits per heavy atom. The van der Waals surface area contributed by atoms with Gasteiger partial charge in [-0.25, -0.2) is 0 Å². The van der Waals surface area contributed by atoms with Crippen LogP contribution in [0.1, 0.15) is 33.6 Å². The smallest absolute Gasteiger partial charge is 0.0480 e.